The van der Waals surface area contributed by atoms with Crippen LogP contribution in [-0.4, -0.2) is 21.4 Å². The van der Waals surface area contributed by atoms with E-state index in [1.807, 2.05) is 13.2 Å². The third kappa shape index (κ3) is 1.54. The lowest BCUT2D eigenvalue weighted by Crippen LogP contribution is -2.41. The first-order valence-corrected chi connectivity index (χ1v) is 6.52. The normalized spacial score (nSPS) is 37.6. The van der Waals surface area contributed by atoms with E-state index in [2.05, 4.69) is 5.10 Å². The maximum absolute atomic E-state index is 10.7. The first-order chi connectivity index (χ1) is 8.15. The Morgan fingerprint density at radius 1 is 1.65 bits per heavy atom. The van der Waals surface area contributed by atoms with E-state index in [-0.39, 0.29) is 5.41 Å². The average Bonchev–Trinajstić information content (AvgIpc) is 3.02. The third-order valence-corrected chi connectivity index (χ3v) is 4.99. The van der Waals surface area contributed by atoms with Crippen LogP contribution < -0.4 is 5.73 Å². The minimum absolute atomic E-state index is 0.0913. The van der Waals surface area contributed by atoms with Crippen LogP contribution in [-0.2, 0) is 7.05 Å². The van der Waals surface area contributed by atoms with E-state index in [1.165, 1.54) is 19.3 Å². The van der Waals surface area contributed by atoms with Gasteiger partial charge in [-0.1, -0.05) is 6.42 Å². The van der Waals surface area contributed by atoms with Crippen molar-refractivity contribution in [1.82, 2.24) is 9.78 Å². The van der Waals surface area contributed by atoms with Gasteiger partial charge in [-0.15, -0.1) is 0 Å². The standard InChI is InChI=1S/C13H21N3O/c1-16-7-10(6-15-16)12(17)13(8-14)5-9-2-3-11(13)4-9/h6-7,9,11-12,17H,2-5,8,14H2,1H3. The highest BCUT2D eigenvalue weighted by Gasteiger charge is 2.54. The highest BCUT2D eigenvalue weighted by Crippen LogP contribution is 2.60. The molecule has 94 valence electrons. The van der Waals surface area contributed by atoms with Gasteiger partial charge in [-0.25, -0.2) is 0 Å². The maximum atomic E-state index is 10.7. The summed E-state index contributed by atoms with van der Waals surface area (Å²) in [5.41, 5.74) is 6.84. The van der Waals surface area contributed by atoms with Crippen LogP contribution in [0, 0.1) is 17.3 Å². The van der Waals surface area contributed by atoms with E-state index >= 15 is 0 Å². The van der Waals surface area contributed by atoms with Gasteiger partial charge >= 0.3 is 0 Å². The molecular formula is C13H21N3O. The zero-order chi connectivity index (χ0) is 12.0. The largest absolute Gasteiger partial charge is 0.388 e. The number of hydrogen-bond donors (Lipinski definition) is 2. The fourth-order valence-corrected chi connectivity index (χ4v) is 4.10. The van der Waals surface area contributed by atoms with E-state index < -0.39 is 6.10 Å². The summed E-state index contributed by atoms with van der Waals surface area (Å²) < 4.78 is 1.75. The number of fused-ring (bicyclic) bond motifs is 2. The Morgan fingerprint density at radius 3 is 2.94 bits per heavy atom. The molecule has 3 rings (SSSR count). The molecule has 4 atom stereocenters. The summed E-state index contributed by atoms with van der Waals surface area (Å²) in [6.45, 7) is 0.588. The topological polar surface area (TPSA) is 64.1 Å². The van der Waals surface area contributed by atoms with Gasteiger partial charge in [0.1, 0.15) is 0 Å². The van der Waals surface area contributed by atoms with Crippen molar-refractivity contribution in [1.29, 1.82) is 0 Å². The predicted octanol–water partition coefficient (Wildman–Crippen LogP) is 1.22. The Labute approximate surface area is 102 Å². The van der Waals surface area contributed by atoms with Gasteiger partial charge in [-0.05, 0) is 31.1 Å². The summed E-state index contributed by atoms with van der Waals surface area (Å²) in [7, 11) is 1.88. The van der Waals surface area contributed by atoms with Crippen molar-refractivity contribution in [2.75, 3.05) is 6.54 Å². The molecule has 0 radical (unpaired) electrons. The Balaban J connectivity index is 1.91. The molecule has 4 nitrogen and oxygen atoms in total. The molecule has 1 aromatic heterocycles. The van der Waals surface area contributed by atoms with Gasteiger partial charge in [0.15, 0.2) is 0 Å². The smallest absolute Gasteiger partial charge is 0.0891 e. The molecule has 2 aliphatic rings. The number of nitrogens with two attached hydrogens (primary N) is 1. The molecule has 1 aromatic rings. The molecule has 0 aromatic carbocycles. The molecule has 17 heavy (non-hydrogen) atoms. The van der Waals surface area contributed by atoms with Gasteiger partial charge in [-0.3, -0.25) is 4.68 Å². The molecule has 0 saturated heterocycles. The molecule has 0 aliphatic heterocycles. The van der Waals surface area contributed by atoms with Crippen molar-refractivity contribution in [2.24, 2.45) is 30.0 Å². The fraction of sp³-hybridized carbons (Fsp3) is 0.769. The van der Waals surface area contributed by atoms with Gasteiger partial charge < -0.3 is 10.8 Å². The minimum Gasteiger partial charge on any atom is -0.388 e. The number of aliphatic hydroxyl groups is 1. The van der Waals surface area contributed by atoms with E-state index in [0.29, 0.717) is 12.5 Å². The quantitative estimate of drug-likeness (QED) is 0.828. The van der Waals surface area contributed by atoms with E-state index in [0.717, 1.165) is 17.9 Å². The lowest BCUT2D eigenvalue weighted by atomic mass is 9.68. The SMILES string of the molecule is Cn1cc(C(O)C2(CN)CC3CCC2C3)cn1. The Kier molecular flexibility index (Phi) is 2.52. The van der Waals surface area contributed by atoms with Crippen LogP contribution in [0.1, 0.15) is 37.4 Å². The molecule has 2 bridgehead atoms. The number of rotatable bonds is 3. The van der Waals surface area contributed by atoms with Crippen LogP contribution in [0.4, 0.5) is 0 Å². The second kappa shape index (κ2) is 3.82. The van der Waals surface area contributed by atoms with Crippen LogP contribution in [0.5, 0.6) is 0 Å². The molecular weight excluding hydrogens is 214 g/mol. The van der Waals surface area contributed by atoms with Crippen molar-refractivity contribution in [3.8, 4) is 0 Å². The Hall–Kier alpha value is -0.870. The van der Waals surface area contributed by atoms with Crippen LogP contribution in [0.25, 0.3) is 0 Å². The van der Waals surface area contributed by atoms with Gasteiger partial charge in [0.2, 0.25) is 0 Å². The molecule has 4 unspecified atom stereocenters. The number of aryl methyl sites for hydroxylation is 1. The summed E-state index contributed by atoms with van der Waals surface area (Å²) in [6, 6.07) is 0. The molecule has 2 aliphatic carbocycles. The first kappa shape index (κ1) is 11.2. The highest BCUT2D eigenvalue weighted by molar-refractivity contribution is 5.17. The van der Waals surface area contributed by atoms with E-state index in [4.69, 9.17) is 5.73 Å². The van der Waals surface area contributed by atoms with Crippen LogP contribution in [0.3, 0.4) is 0 Å². The van der Waals surface area contributed by atoms with Crippen LogP contribution in [0.2, 0.25) is 0 Å². The van der Waals surface area contributed by atoms with Gasteiger partial charge in [-0.2, -0.15) is 5.10 Å². The zero-order valence-corrected chi connectivity index (χ0v) is 10.3. The number of aliphatic hydroxyl groups excluding tert-OH is 1. The summed E-state index contributed by atoms with van der Waals surface area (Å²) in [4.78, 5) is 0. The summed E-state index contributed by atoms with van der Waals surface area (Å²) in [5.74, 6) is 1.39. The zero-order valence-electron chi connectivity index (χ0n) is 10.3. The summed E-state index contributed by atoms with van der Waals surface area (Å²) >= 11 is 0. The molecule has 2 fully saturated rings. The second-order valence-electron chi connectivity index (χ2n) is 5.87. The van der Waals surface area contributed by atoms with E-state index in [9.17, 15) is 5.11 Å². The molecule has 0 amide bonds. The minimum atomic E-state index is -0.448. The van der Waals surface area contributed by atoms with Crippen LogP contribution in [0.15, 0.2) is 12.4 Å². The van der Waals surface area contributed by atoms with Crippen LogP contribution >= 0.6 is 0 Å². The van der Waals surface area contributed by atoms with E-state index in [1.54, 1.807) is 10.9 Å². The molecule has 4 heteroatoms. The Bertz CT molecular complexity index is 417. The summed E-state index contributed by atoms with van der Waals surface area (Å²) in [5, 5.41) is 14.8. The third-order valence-electron chi connectivity index (χ3n) is 4.99. The lowest BCUT2D eigenvalue weighted by molar-refractivity contribution is -0.0130. The lowest BCUT2D eigenvalue weighted by Gasteiger charge is -2.40. The fourth-order valence-electron chi connectivity index (χ4n) is 4.10. The number of hydrogen-bond acceptors (Lipinski definition) is 3. The molecule has 1 heterocycles. The maximum Gasteiger partial charge on any atom is 0.0891 e. The number of aromatic nitrogens is 2. The monoisotopic (exact) mass is 235 g/mol. The molecule has 2 saturated carbocycles. The van der Waals surface area contributed by atoms with Gasteiger partial charge in [0.05, 0.1) is 12.3 Å². The second-order valence-corrected chi connectivity index (χ2v) is 5.87. The van der Waals surface area contributed by atoms with Crippen molar-refractivity contribution >= 4 is 0 Å². The predicted molar refractivity (Wildman–Crippen MR) is 65.1 cm³/mol. The van der Waals surface area contributed by atoms with Gasteiger partial charge in [0, 0.05) is 30.8 Å². The molecule has 3 N–H and O–H groups in total. The van der Waals surface area contributed by atoms with Crippen molar-refractivity contribution < 1.29 is 5.11 Å². The first-order valence-electron chi connectivity index (χ1n) is 6.52. The average molecular weight is 235 g/mol. The van der Waals surface area contributed by atoms with Crippen molar-refractivity contribution in [2.45, 2.75) is 31.8 Å². The van der Waals surface area contributed by atoms with Crippen molar-refractivity contribution in [3.05, 3.63) is 18.0 Å². The highest BCUT2D eigenvalue weighted by atomic mass is 16.3. The van der Waals surface area contributed by atoms with Crippen molar-refractivity contribution in [3.63, 3.8) is 0 Å². The summed E-state index contributed by atoms with van der Waals surface area (Å²) in [6.07, 6.45) is 8.14. The number of nitrogens with zero attached hydrogens (tertiary/aromatic N) is 2. The van der Waals surface area contributed by atoms with Gasteiger partial charge in [0.25, 0.3) is 0 Å². The Morgan fingerprint density at radius 2 is 2.47 bits per heavy atom. The molecule has 0 spiro atoms.